The van der Waals surface area contributed by atoms with Gasteiger partial charge in [0.05, 0.1) is 25.4 Å². The fourth-order valence-electron chi connectivity index (χ4n) is 4.16. The molecule has 1 unspecified atom stereocenters. The second-order valence-corrected chi connectivity index (χ2v) is 9.40. The number of ether oxygens (including phenoxy) is 4. The number of hydrogen-bond donors (Lipinski definition) is 7. The van der Waals surface area contributed by atoms with Crippen LogP contribution in [0.2, 0.25) is 0 Å². The van der Waals surface area contributed by atoms with Gasteiger partial charge in [-0.15, -0.1) is 0 Å². The molecule has 11 nitrogen and oxygen atoms in total. The number of aliphatic hydroxyl groups is 7. The van der Waals surface area contributed by atoms with Crippen LogP contribution in [0.1, 0.15) is 33.1 Å². The minimum atomic E-state index is -1.55. The van der Waals surface area contributed by atoms with Crippen LogP contribution < -0.4 is 0 Å². The second kappa shape index (κ2) is 10.7. The van der Waals surface area contributed by atoms with Crippen molar-refractivity contribution in [1.29, 1.82) is 0 Å². The maximum atomic E-state index is 10.2. The van der Waals surface area contributed by atoms with Crippen molar-refractivity contribution < 1.29 is 54.7 Å². The molecule has 1 aliphatic carbocycles. The first kappa shape index (κ1) is 25.9. The summed E-state index contributed by atoms with van der Waals surface area (Å²) >= 11 is 0. The first-order valence-corrected chi connectivity index (χ1v) is 11.0. The van der Waals surface area contributed by atoms with E-state index in [9.17, 15) is 35.7 Å². The van der Waals surface area contributed by atoms with Crippen LogP contribution in [-0.4, -0.2) is 116 Å². The summed E-state index contributed by atoms with van der Waals surface area (Å²) < 4.78 is 21.8. The maximum Gasteiger partial charge on any atom is 0.187 e. The average Bonchev–Trinajstić information content (AvgIpc) is 2.75. The highest BCUT2D eigenvalue weighted by molar-refractivity contribution is 5.09. The van der Waals surface area contributed by atoms with Crippen LogP contribution in [-0.2, 0) is 18.9 Å². The standard InChI is InChI=1S/C21H36O11/c1-21(2,28)11-5-3-10(4-6-11)7-29-20-18(27)16(25)15(24)13(32-20)9-31-19-17(26)14(23)12(22)8-30-19/h3,11-20,22-28H,4-9H2,1-2H3/t11?,12-,13+,14-,15+,16-,17+,18+,19-,20+/m0/s1. The molecule has 0 aromatic heterocycles. The van der Waals surface area contributed by atoms with Gasteiger partial charge in [-0.05, 0) is 44.6 Å². The van der Waals surface area contributed by atoms with Gasteiger partial charge in [0.25, 0.3) is 0 Å². The van der Waals surface area contributed by atoms with Crippen molar-refractivity contribution in [3.8, 4) is 0 Å². The third-order valence-electron chi connectivity index (χ3n) is 6.48. The van der Waals surface area contributed by atoms with Crippen molar-refractivity contribution in [3.05, 3.63) is 11.6 Å². The van der Waals surface area contributed by atoms with Gasteiger partial charge in [-0.2, -0.15) is 0 Å². The Morgan fingerprint density at radius 1 is 0.938 bits per heavy atom. The van der Waals surface area contributed by atoms with E-state index in [1.165, 1.54) is 0 Å². The van der Waals surface area contributed by atoms with E-state index in [4.69, 9.17) is 18.9 Å². The largest absolute Gasteiger partial charge is 0.390 e. The van der Waals surface area contributed by atoms with Crippen LogP contribution in [0.25, 0.3) is 0 Å². The summed E-state index contributed by atoms with van der Waals surface area (Å²) in [7, 11) is 0. The summed E-state index contributed by atoms with van der Waals surface area (Å²) in [6.07, 6.45) is -8.08. The number of allylic oxidation sites excluding steroid dienone is 1. The molecule has 10 atom stereocenters. The molecule has 32 heavy (non-hydrogen) atoms. The molecule has 2 fully saturated rings. The Hall–Kier alpha value is -0.700. The Morgan fingerprint density at radius 3 is 2.25 bits per heavy atom. The first-order chi connectivity index (χ1) is 15.0. The third kappa shape index (κ3) is 6.05. The Balaban J connectivity index is 1.52. The highest BCUT2D eigenvalue weighted by Crippen LogP contribution is 2.32. The normalized spacial score (nSPS) is 43.7. The molecule has 7 N–H and O–H groups in total. The van der Waals surface area contributed by atoms with Crippen molar-refractivity contribution in [1.82, 2.24) is 0 Å². The molecule has 0 aromatic rings. The van der Waals surface area contributed by atoms with Gasteiger partial charge in [0, 0.05) is 0 Å². The molecule has 0 bridgehead atoms. The van der Waals surface area contributed by atoms with Gasteiger partial charge in [-0.1, -0.05) is 6.08 Å². The van der Waals surface area contributed by atoms with Crippen molar-refractivity contribution in [2.24, 2.45) is 5.92 Å². The SMILES string of the molecule is CC(C)(O)C1CC=C(CO[C@@H]2O[C@H](CO[C@@H]3OC[C@H](O)[C@H](O)[C@H]3O)[C@@H](O)[C@H](O)[C@H]2O)CC1. The minimum Gasteiger partial charge on any atom is -0.390 e. The molecule has 0 saturated carbocycles. The van der Waals surface area contributed by atoms with Crippen LogP contribution >= 0.6 is 0 Å². The van der Waals surface area contributed by atoms with Gasteiger partial charge < -0.3 is 54.7 Å². The van der Waals surface area contributed by atoms with Crippen molar-refractivity contribution >= 4 is 0 Å². The maximum absolute atomic E-state index is 10.2. The lowest BCUT2D eigenvalue weighted by Gasteiger charge is -2.41. The predicted octanol–water partition coefficient (Wildman–Crippen LogP) is -2.24. The average molecular weight is 465 g/mol. The van der Waals surface area contributed by atoms with E-state index < -0.39 is 60.9 Å². The smallest absolute Gasteiger partial charge is 0.187 e. The zero-order valence-electron chi connectivity index (χ0n) is 18.4. The summed E-state index contributed by atoms with van der Waals surface area (Å²) in [5, 5.41) is 70.0. The Bertz CT molecular complexity index is 636. The van der Waals surface area contributed by atoms with E-state index in [1.54, 1.807) is 13.8 Å². The van der Waals surface area contributed by atoms with Gasteiger partial charge in [0.15, 0.2) is 12.6 Å². The molecule has 3 aliphatic rings. The molecule has 11 heteroatoms. The molecular weight excluding hydrogens is 428 g/mol. The van der Waals surface area contributed by atoms with Crippen LogP contribution in [0, 0.1) is 5.92 Å². The summed E-state index contributed by atoms with van der Waals surface area (Å²) in [5.41, 5.74) is 0.226. The summed E-state index contributed by atoms with van der Waals surface area (Å²) in [6.45, 7) is 3.16. The molecule has 0 spiro atoms. The lowest BCUT2D eigenvalue weighted by atomic mass is 9.80. The number of rotatable bonds is 7. The fraction of sp³-hybridized carbons (Fsp3) is 0.905. The second-order valence-electron chi connectivity index (χ2n) is 9.40. The fourth-order valence-corrected chi connectivity index (χ4v) is 4.16. The molecule has 2 aliphatic heterocycles. The van der Waals surface area contributed by atoms with E-state index >= 15 is 0 Å². The Kier molecular flexibility index (Phi) is 8.67. The zero-order chi connectivity index (χ0) is 23.6. The van der Waals surface area contributed by atoms with Gasteiger partial charge >= 0.3 is 0 Å². The third-order valence-corrected chi connectivity index (χ3v) is 6.48. The number of hydrogen-bond acceptors (Lipinski definition) is 11. The Labute approximate surface area is 186 Å². The van der Waals surface area contributed by atoms with E-state index in [-0.39, 0.29) is 25.7 Å². The number of aliphatic hydroxyl groups excluding tert-OH is 6. The monoisotopic (exact) mass is 464 g/mol. The summed E-state index contributed by atoms with van der Waals surface area (Å²) in [5.74, 6) is 0.151. The van der Waals surface area contributed by atoms with Crippen LogP contribution in [0.5, 0.6) is 0 Å². The van der Waals surface area contributed by atoms with Crippen molar-refractivity contribution in [3.63, 3.8) is 0 Å². The van der Waals surface area contributed by atoms with Crippen LogP contribution in [0.15, 0.2) is 11.6 Å². The van der Waals surface area contributed by atoms with E-state index in [2.05, 4.69) is 0 Å². The van der Waals surface area contributed by atoms with E-state index in [0.29, 0.717) is 6.42 Å². The molecular formula is C21H36O11. The van der Waals surface area contributed by atoms with Crippen molar-refractivity contribution in [2.75, 3.05) is 19.8 Å². The van der Waals surface area contributed by atoms with Crippen molar-refractivity contribution in [2.45, 2.75) is 94.0 Å². The quantitative estimate of drug-likeness (QED) is 0.203. The van der Waals surface area contributed by atoms with Gasteiger partial charge in [-0.25, -0.2) is 0 Å². The lowest BCUT2D eigenvalue weighted by Crippen LogP contribution is -2.60. The van der Waals surface area contributed by atoms with Crippen LogP contribution in [0.3, 0.4) is 0 Å². The van der Waals surface area contributed by atoms with Gasteiger partial charge in [-0.3, -0.25) is 0 Å². The summed E-state index contributed by atoms with van der Waals surface area (Å²) in [4.78, 5) is 0. The predicted molar refractivity (Wildman–Crippen MR) is 108 cm³/mol. The molecule has 186 valence electrons. The van der Waals surface area contributed by atoms with E-state index in [1.807, 2.05) is 6.08 Å². The molecule has 2 heterocycles. The summed E-state index contributed by atoms with van der Waals surface area (Å²) in [6, 6.07) is 0. The molecule has 0 amide bonds. The Morgan fingerprint density at radius 2 is 1.62 bits per heavy atom. The molecule has 3 rings (SSSR count). The highest BCUT2D eigenvalue weighted by atomic mass is 16.7. The van der Waals surface area contributed by atoms with E-state index in [0.717, 1.165) is 18.4 Å². The van der Waals surface area contributed by atoms with Crippen LogP contribution in [0.4, 0.5) is 0 Å². The lowest BCUT2D eigenvalue weighted by molar-refractivity contribution is -0.319. The zero-order valence-corrected chi connectivity index (χ0v) is 18.4. The molecule has 0 aromatic carbocycles. The topological polar surface area (TPSA) is 179 Å². The van der Waals surface area contributed by atoms with Gasteiger partial charge in [0.1, 0.15) is 42.7 Å². The minimum absolute atomic E-state index is 0.151. The first-order valence-electron chi connectivity index (χ1n) is 11.0. The van der Waals surface area contributed by atoms with Gasteiger partial charge in [0.2, 0.25) is 0 Å². The molecule has 2 saturated heterocycles. The highest BCUT2D eigenvalue weighted by Gasteiger charge is 2.46. The molecule has 0 radical (unpaired) electrons.